The van der Waals surface area contributed by atoms with Crippen molar-refractivity contribution in [1.82, 2.24) is 0 Å². The number of nitrogens with one attached hydrogen (secondary N) is 2. The molecule has 0 spiro atoms. The van der Waals surface area contributed by atoms with Crippen molar-refractivity contribution in [3.05, 3.63) is 63.7 Å². The molecule has 0 saturated carbocycles. The van der Waals surface area contributed by atoms with Crippen LogP contribution in [-0.2, 0) is 0 Å². The standard InChI is InChI=1S/C17H20N2S/c1-10(2)19-17-15(12(4)13(5)20-17)16(18)14-8-6-11(3)7-9-14/h6-9,18-19H,1H2,2-5H3. The van der Waals surface area contributed by atoms with E-state index in [4.69, 9.17) is 5.41 Å². The van der Waals surface area contributed by atoms with Crippen LogP contribution < -0.4 is 5.32 Å². The van der Waals surface area contributed by atoms with Crippen LogP contribution in [0.1, 0.15) is 34.1 Å². The lowest BCUT2D eigenvalue weighted by Gasteiger charge is -2.10. The van der Waals surface area contributed by atoms with Crippen molar-refractivity contribution in [2.45, 2.75) is 27.7 Å². The van der Waals surface area contributed by atoms with Crippen LogP contribution in [0.4, 0.5) is 5.00 Å². The SMILES string of the molecule is C=C(C)Nc1sc(C)c(C)c1C(=N)c1ccc(C)cc1. The molecule has 0 saturated heterocycles. The molecule has 1 aromatic carbocycles. The third-order valence-electron chi connectivity index (χ3n) is 3.30. The molecule has 0 bridgehead atoms. The quantitative estimate of drug-likeness (QED) is 0.758. The van der Waals surface area contributed by atoms with E-state index < -0.39 is 0 Å². The number of benzene rings is 1. The average Bonchev–Trinajstić information content (AvgIpc) is 2.64. The monoisotopic (exact) mass is 284 g/mol. The van der Waals surface area contributed by atoms with E-state index in [9.17, 15) is 0 Å². The van der Waals surface area contributed by atoms with Crippen molar-refractivity contribution in [1.29, 1.82) is 5.41 Å². The molecule has 0 radical (unpaired) electrons. The van der Waals surface area contributed by atoms with Crippen LogP contribution >= 0.6 is 11.3 Å². The Morgan fingerprint density at radius 3 is 2.30 bits per heavy atom. The van der Waals surface area contributed by atoms with E-state index in [0.717, 1.165) is 21.8 Å². The van der Waals surface area contributed by atoms with Gasteiger partial charge in [-0.25, -0.2) is 0 Å². The zero-order valence-electron chi connectivity index (χ0n) is 12.4. The minimum absolute atomic E-state index is 0.565. The van der Waals surface area contributed by atoms with Gasteiger partial charge in [-0.1, -0.05) is 36.4 Å². The Kier molecular flexibility index (Phi) is 4.09. The second-order valence-corrected chi connectivity index (χ2v) is 6.36. The van der Waals surface area contributed by atoms with E-state index in [2.05, 4.69) is 32.7 Å². The lowest BCUT2D eigenvalue weighted by Crippen LogP contribution is -2.06. The second-order valence-electron chi connectivity index (χ2n) is 5.13. The van der Waals surface area contributed by atoms with Crippen molar-refractivity contribution in [3.63, 3.8) is 0 Å². The zero-order chi connectivity index (χ0) is 14.9. The molecule has 2 N–H and O–H groups in total. The van der Waals surface area contributed by atoms with E-state index in [1.54, 1.807) is 11.3 Å². The first-order chi connectivity index (χ1) is 9.40. The van der Waals surface area contributed by atoms with Crippen molar-refractivity contribution in [2.75, 3.05) is 5.32 Å². The fourth-order valence-electron chi connectivity index (χ4n) is 2.07. The molecule has 3 heteroatoms. The Balaban J connectivity index is 2.48. The molecule has 0 aliphatic heterocycles. The Hall–Kier alpha value is -1.87. The molecular weight excluding hydrogens is 264 g/mol. The van der Waals surface area contributed by atoms with Crippen LogP contribution in [0.5, 0.6) is 0 Å². The number of rotatable bonds is 4. The maximum atomic E-state index is 8.52. The molecule has 0 unspecified atom stereocenters. The minimum Gasteiger partial charge on any atom is -0.351 e. The molecule has 20 heavy (non-hydrogen) atoms. The number of hydrogen-bond donors (Lipinski definition) is 2. The smallest absolute Gasteiger partial charge is 0.102 e. The summed E-state index contributed by atoms with van der Waals surface area (Å²) >= 11 is 1.68. The molecule has 2 rings (SSSR count). The summed E-state index contributed by atoms with van der Waals surface area (Å²) < 4.78 is 0. The highest BCUT2D eigenvalue weighted by atomic mass is 32.1. The van der Waals surface area contributed by atoms with Crippen LogP contribution in [0.15, 0.2) is 36.5 Å². The third-order valence-corrected chi connectivity index (χ3v) is 4.43. The van der Waals surface area contributed by atoms with Gasteiger partial charge in [0.05, 0.1) is 5.71 Å². The second kappa shape index (κ2) is 5.63. The summed E-state index contributed by atoms with van der Waals surface area (Å²) in [6, 6.07) is 8.11. The maximum absolute atomic E-state index is 8.52. The number of allylic oxidation sites excluding steroid dienone is 1. The summed E-state index contributed by atoms with van der Waals surface area (Å²) in [5.41, 5.74) is 5.77. The van der Waals surface area contributed by atoms with E-state index in [-0.39, 0.29) is 0 Å². The predicted octanol–water partition coefficient (Wildman–Crippen LogP) is 5.04. The van der Waals surface area contributed by atoms with Crippen LogP contribution in [0, 0.1) is 26.2 Å². The van der Waals surface area contributed by atoms with Gasteiger partial charge in [-0.05, 0) is 33.3 Å². The molecule has 0 amide bonds. The Morgan fingerprint density at radius 1 is 1.15 bits per heavy atom. The first kappa shape index (κ1) is 14.5. The summed E-state index contributed by atoms with van der Waals surface area (Å²) in [5, 5.41) is 12.8. The largest absolute Gasteiger partial charge is 0.351 e. The van der Waals surface area contributed by atoms with Gasteiger partial charge in [-0.15, -0.1) is 11.3 Å². The molecular formula is C17H20N2S. The maximum Gasteiger partial charge on any atom is 0.102 e. The molecule has 1 heterocycles. The minimum atomic E-state index is 0.565. The number of aryl methyl sites for hydroxylation is 2. The van der Waals surface area contributed by atoms with E-state index in [1.165, 1.54) is 16.0 Å². The average molecular weight is 284 g/mol. The lowest BCUT2D eigenvalue weighted by atomic mass is 9.99. The Morgan fingerprint density at radius 2 is 1.75 bits per heavy atom. The fourth-order valence-corrected chi connectivity index (χ4v) is 3.22. The van der Waals surface area contributed by atoms with Gasteiger partial charge in [0.15, 0.2) is 0 Å². The van der Waals surface area contributed by atoms with Gasteiger partial charge >= 0.3 is 0 Å². The van der Waals surface area contributed by atoms with Gasteiger partial charge < -0.3 is 5.32 Å². The zero-order valence-corrected chi connectivity index (χ0v) is 13.2. The van der Waals surface area contributed by atoms with Gasteiger partial charge in [-0.2, -0.15) is 0 Å². The van der Waals surface area contributed by atoms with Crippen molar-refractivity contribution < 1.29 is 0 Å². The molecule has 0 aliphatic carbocycles. The Labute approximate surface area is 124 Å². The van der Waals surface area contributed by atoms with Gasteiger partial charge in [0.1, 0.15) is 5.00 Å². The third kappa shape index (κ3) is 2.83. The highest BCUT2D eigenvalue weighted by Crippen LogP contribution is 2.34. The molecule has 1 aromatic heterocycles. The molecule has 0 fully saturated rings. The normalized spacial score (nSPS) is 10.4. The fraction of sp³-hybridized carbons (Fsp3) is 0.235. The van der Waals surface area contributed by atoms with E-state index in [0.29, 0.717) is 5.71 Å². The van der Waals surface area contributed by atoms with Crippen LogP contribution in [-0.4, -0.2) is 5.71 Å². The lowest BCUT2D eigenvalue weighted by molar-refractivity contribution is 1.36. The van der Waals surface area contributed by atoms with Gasteiger partial charge in [-0.3, -0.25) is 5.41 Å². The molecule has 2 nitrogen and oxygen atoms in total. The highest BCUT2D eigenvalue weighted by molar-refractivity contribution is 7.16. The number of anilines is 1. The molecule has 2 aromatic rings. The number of hydrogen-bond acceptors (Lipinski definition) is 3. The highest BCUT2D eigenvalue weighted by Gasteiger charge is 2.17. The Bertz CT molecular complexity index is 663. The molecule has 0 atom stereocenters. The molecule has 104 valence electrons. The van der Waals surface area contributed by atoms with Crippen LogP contribution in [0.2, 0.25) is 0 Å². The van der Waals surface area contributed by atoms with E-state index >= 15 is 0 Å². The summed E-state index contributed by atoms with van der Waals surface area (Å²) in [5.74, 6) is 0. The summed E-state index contributed by atoms with van der Waals surface area (Å²) in [7, 11) is 0. The number of thiophene rings is 1. The summed E-state index contributed by atoms with van der Waals surface area (Å²) in [6.45, 7) is 12.1. The predicted molar refractivity (Wildman–Crippen MR) is 89.3 cm³/mol. The first-order valence-corrected chi connectivity index (χ1v) is 7.40. The van der Waals surface area contributed by atoms with Crippen molar-refractivity contribution in [3.8, 4) is 0 Å². The van der Waals surface area contributed by atoms with Crippen molar-refractivity contribution in [2.24, 2.45) is 0 Å². The van der Waals surface area contributed by atoms with Crippen LogP contribution in [0.25, 0.3) is 0 Å². The first-order valence-electron chi connectivity index (χ1n) is 6.58. The van der Waals surface area contributed by atoms with Crippen LogP contribution in [0.3, 0.4) is 0 Å². The van der Waals surface area contributed by atoms with Crippen molar-refractivity contribution >= 4 is 22.0 Å². The van der Waals surface area contributed by atoms with E-state index in [1.807, 2.05) is 31.2 Å². The van der Waals surface area contributed by atoms with Gasteiger partial charge in [0.25, 0.3) is 0 Å². The summed E-state index contributed by atoms with van der Waals surface area (Å²) in [6.07, 6.45) is 0. The summed E-state index contributed by atoms with van der Waals surface area (Å²) in [4.78, 5) is 1.24. The molecule has 0 aliphatic rings. The van der Waals surface area contributed by atoms with Gasteiger partial charge in [0.2, 0.25) is 0 Å². The topological polar surface area (TPSA) is 35.9 Å². The van der Waals surface area contributed by atoms with Gasteiger partial charge in [0, 0.05) is 21.7 Å².